The molecule has 3 aliphatic heterocycles. The normalized spacial score (nSPS) is 17.3. The molecule has 0 bridgehead atoms. The third-order valence-electron chi connectivity index (χ3n) is 14.9. The molecule has 1 saturated heterocycles. The van der Waals surface area contributed by atoms with E-state index in [0.717, 1.165) is 12.1 Å². The molecule has 5 aromatic carbocycles. The number of hydrogen-bond donors (Lipinski definition) is 6. The van der Waals surface area contributed by atoms with E-state index in [1.807, 2.05) is 0 Å². The van der Waals surface area contributed by atoms with Crippen LogP contribution in [0.2, 0.25) is 0 Å². The van der Waals surface area contributed by atoms with E-state index in [1.165, 1.54) is 24.3 Å². The van der Waals surface area contributed by atoms with Crippen LogP contribution >= 0.6 is 0 Å². The molecule has 0 saturated carbocycles. The average molecular weight is 1290 g/mol. The Morgan fingerprint density at radius 2 is 1.16 bits per heavy atom. The molecule has 0 radical (unpaired) electrons. The minimum atomic E-state index is -5.15. The zero-order chi connectivity index (χ0) is 62.8. The van der Waals surface area contributed by atoms with Crippen LogP contribution in [0, 0.1) is 0 Å². The van der Waals surface area contributed by atoms with Crippen LogP contribution in [0.3, 0.4) is 0 Å². The Balaban J connectivity index is 1.35. The highest BCUT2D eigenvalue weighted by Gasteiger charge is 2.47. The van der Waals surface area contributed by atoms with Gasteiger partial charge in [-0.2, -0.15) is 55.1 Å². The Kier molecular flexibility index (Phi) is 17.6. The van der Waals surface area contributed by atoms with Crippen molar-refractivity contribution in [3.63, 3.8) is 0 Å². The summed E-state index contributed by atoms with van der Waals surface area (Å²) in [6.07, 6.45) is 6.28. The molecule has 5 aromatic rings. The zero-order valence-corrected chi connectivity index (χ0v) is 50.6. The van der Waals surface area contributed by atoms with Crippen LogP contribution in [-0.4, -0.2) is 136 Å². The number of anilines is 1. The van der Waals surface area contributed by atoms with Gasteiger partial charge in [-0.15, -0.1) is 5.06 Å². The molecule has 0 unspecified atom stereocenters. The van der Waals surface area contributed by atoms with Gasteiger partial charge in [0.05, 0.1) is 33.1 Å². The number of imide groups is 1. The summed E-state index contributed by atoms with van der Waals surface area (Å²) in [5, 5.41) is 0.153. The molecular weight excluding hydrogens is 1230 g/mol. The molecule has 3 heterocycles. The lowest BCUT2D eigenvalue weighted by Gasteiger charge is -2.27. The van der Waals surface area contributed by atoms with E-state index in [4.69, 9.17) is 4.84 Å². The van der Waals surface area contributed by atoms with Crippen LogP contribution in [-0.2, 0) is 97.2 Å². The third-order valence-corrected chi connectivity index (χ3v) is 20.0. The summed E-state index contributed by atoms with van der Waals surface area (Å²) in [7, 11) is -29.3. The number of nitrogens with zero attached hydrogens (tertiary/aromatic N) is 3. The molecule has 6 N–H and O–H groups in total. The third kappa shape index (κ3) is 14.0. The first kappa shape index (κ1) is 64.4. The SMILES string of the molecule is CC1(C)C(=CC=C(C=CC2=[N+](CCCCS(=O)(=O)O)c3ccc4c(S(=O)(=O)O)cc(S(=O)(=O)O)cc4c3C2(C)C)c2cccc(CCC(=O)ON3C(=O)CCC3=O)c2)N(CCCCS(=O)(=O)O)c2ccc3c(S(=O)(=O)O)cc(S(=O)(=O)O)cc3c21. The highest BCUT2D eigenvalue weighted by molar-refractivity contribution is 7.87. The van der Waals surface area contributed by atoms with E-state index < -0.39 is 120 Å². The van der Waals surface area contributed by atoms with E-state index in [-0.39, 0.29) is 86.0 Å². The molecule has 3 aliphatic rings. The lowest BCUT2D eigenvalue weighted by molar-refractivity contribution is -0.438. The first-order chi connectivity index (χ1) is 39.2. The van der Waals surface area contributed by atoms with Crippen LogP contribution in [0.15, 0.2) is 122 Å². The minimum absolute atomic E-state index is 0.0126. The van der Waals surface area contributed by atoms with Crippen molar-refractivity contribution in [3.05, 3.63) is 125 Å². The maximum atomic E-state index is 13.0. The van der Waals surface area contributed by atoms with E-state index in [9.17, 15) is 92.2 Å². The van der Waals surface area contributed by atoms with Crippen molar-refractivity contribution in [2.75, 3.05) is 29.5 Å². The van der Waals surface area contributed by atoms with Crippen LogP contribution in [0.5, 0.6) is 0 Å². The molecule has 1 fully saturated rings. The van der Waals surface area contributed by atoms with E-state index >= 15 is 0 Å². The van der Waals surface area contributed by atoms with Crippen molar-refractivity contribution < 1.29 is 102 Å². The van der Waals surface area contributed by atoms with Gasteiger partial charge in [0.1, 0.15) is 16.3 Å². The first-order valence-electron chi connectivity index (χ1n) is 25.9. The maximum Gasteiger partial charge on any atom is 0.333 e. The number of carbonyl (C=O) groups excluding carboxylic acids is 3. The molecule has 456 valence electrons. The summed E-state index contributed by atoms with van der Waals surface area (Å²) in [4.78, 5) is 40.9. The second kappa shape index (κ2) is 23.2. The smallest absolute Gasteiger partial charge is 0.333 e. The van der Waals surface area contributed by atoms with Gasteiger partial charge >= 0.3 is 5.97 Å². The van der Waals surface area contributed by atoms with Gasteiger partial charge in [0.25, 0.3) is 72.5 Å². The molecule has 0 aromatic heterocycles. The van der Waals surface area contributed by atoms with Gasteiger partial charge in [-0.1, -0.05) is 50.3 Å². The van der Waals surface area contributed by atoms with Crippen molar-refractivity contribution in [1.82, 2.24) is 5.06 Å². The molecule has 0 aliphatic carbocycles. The lowest BCUT2D eigenvalue weighted by Crippen LogP contribution is -2.32. The van der Waals surface area contributed by atoms with Gasteiger partial charge in [0.2, 0.25) is 5.69 Å². The predicted molar refractivity (Wildman–Crippen MR) is 309 cm³/mol. The summed E-state index contributed by atoms with van der Waals surface area (Å²) in [6, 6.07) is 15.8. The number of unbranched alkanes of at least 4 members (excludes halogenated alkanes) is 2. The number of rotatable bonds is 22. The molecule has 31 heteroatoms. The molecule has 85 heavy (non-hydrogen) atoms. The number of allylic oxidation sites excluding steroid dienone is 6. The Morgan fingerprint density at radius 3 is 1.71 bits per heavy atom. The van der Waals surface area contributed by atoms with Crippen molar-refractivity contribution in [1.29, 1.82) is 0 Å². The number of hydrogen-bond acceptors (Lipinski definition) is 17. The van der Waals surface area contributed by atoms with Gasteiger partial charge < -0.3 is 9.74 Å². The molecular formula is C54H58N3O22S6+. The van der Waals surface area contributed by atoms with Crippen LogP contribution in [0.1, 0.15) is 94.9 Å². The van der Waals surface area contributed by atoms with Gasteiger partial charge in [0, 0.05) is 71.1 Å². The van der Waals surface area contributed by atoms with Gasteiger partial charge in [0.15, 0.2) is 5.71 Å². The van der Waals surface area contributed by atoms with Crippen LogP contribution in [0.4, 0.5) is 11.4 Å². The molecule has 2 amide bonds. The minimum Gasteiger partial charge on any atom is -0.344 e. The highest BCUT2D eigenvalue weighted by Crippen LogP contribution is 2.52. The number of benzene rings is 5. The van der Waals surface area contributed by atoms with Crippen molar-refractivity contribution in [2.24, 2.45) is 0 Å². The fourth-order valence-corrected chi connectivity index (χ4v) is 15.0. The number of amides is 2. The lowest BCUT2D eigenvalue weighted by atomic mass is 9.78. The highest BCUT2D eigenvalue weighted by atomic mass is 32.2. The first-order valence-corrected chi connectivity index (χ1v) is 34.9. The Labute approximate surface area is 490 Å². The van der Waals surface area contributed by atoms with Crippen molar-refractivity contribution in [2.45, 2.75) is 109 Å². The molecule has 0 spiro atoms. The summed E-state index contributed by atoms with van der Waals surface area (Å²) in [6.45, 7) is 6.94. The largest absolute Gasteiger partial charge is 0.344 e. The molecule has 8 rings (SSSR count). The average Bonchev–Trinajstić information content (AvgIpc) is 1.66. The zero-order valence-electron chi connectivity index (χ0n) is 45.7. The number of carbonyl (C=O) groups is 3. The Bertz CT molecular complexity index is 4510. The fourth-order valence-electron chi connectivity index (χ4n) is 11.1. The van der Waals surface area contributed by atoms with E-state index in [2.05, 4.69) is 0 Å². The Hall–Kier alpha value is -6.62. The summed E-state index contributed by atoms with van der Waals surface area (Å²) < 4.78 is 212. The monoisotopic (exact) mass is 1290 g/mol. The van der Waals surface area contributed by atoms with Crippen molar-refractivity contribution >= 4 is 123 Å². The second-order valence-corrected chi connectivity index (χ2v) is 30.3. The predicted octanol–water partition coefficient (Wildman–Crippen LogP) is 6.55. The van der Waals surface area contributed by atoms with Crippen molar-refractivity contribution in [3.8, 4) is 0 Å². The number of aryl methyl sites for hydroxylation is 1. The quantitative estimate of drug-likeness (QED) is 0.0140. The summed E-state index contributed by atoms with van der Waals surface area (Å²) >= 11 is 0. The standard InChI is InChI=1S/C54H57N3O22S6/c1-53(2)46(55(24-5-7-26-80(61,62)63)42-17-15-38-40(51(42)53)29-36(82(67,68)69)31-44(38)84(73,74)75)19-13-34(35-11-9-10-33(28-35)12-23-50(60)79-57-48(58)21-22-49(57)59)14-20-47-54(3,4)52-41-30-37(83(70,71)72)32-45(85(76,77)78)39(41)16-18-43(52)56(47)25-6-8-27-81(64,65)66/h9-11,13-20,28-32H,5-8,12,21-27H2,1-4H3,(H5-,61,62,63,64,65,66,67,68,69,70,71,72,73,74,75,76,77,78)/p+1. The van der Waals surface area contributed by atoms with Gasteiger partial charge in [-0.25, -0.2) is 4.79 Å². The van der Waals surface area contributed by atoms with Gasteiger partial charge in [-0.3, -0.25) is 36.9 Å². The Morgan fingerprint density at radius 1 is 0.624 bits per heavy atom. The van der Waals surface area contributed by atoms with E-state index in [0.29, 0.717) is 67.8 Å². The van der Waals surface area contributed by atoms with Crippen LogP contribution < -0.4 is 4.90 Å². The number of fused-ring (bicyclic) bond motifs is 6. The molecule has 0 atom stereocenters. The molecule has 25 nitrogen and oxygen atoms in total. The topological polar surface area (TPSA) is 396 Å². The van der Waals surface area contributed by atoms with Crippen LogP contribution in [0.25, 0.3) is 27.1 Å². The fraction of sp³-hybridized carbons (Fsp3) is 0.333. The van der Waals surface area contributed by atoms with Gasteiger partial charge in [-0.05, 0) is 121 Å². The maximum absolute atomic E-state index is 13.0. The number of hydroxylamine groups is 2. The second-order valence-electron chi connectivity index (χ2n) is 21.5. The van der Waals surface area contributed by atoms with E-state index in [1.54, 1.807) is 85.7 Å². The summed E-state index contributed by atoms with van der Waals surface area (Å²) in [5.74, 6) is -3.47. The summed E-state index contributed by atoms with van der Waals surface area (Å²) in [5.41, 5.74) is 1.09.